The van der Waals surface area contributed by atoms with Crippen molar-refractivity contribution in [1.82, 2.24) is 4.98 Å². The highest BCUT2D eigenvalue weighted by molar-refractivity contribution is 6.33. The molecule has 1 aromatic heterocycles. The number of benzene rings is 1. The van der Waals surface area contributed by atoms with Crippen molar-refractivity contribution in [2.75, 3.05) is 11.9 Å². The molecule has 20 heavy (non-hydrogen) atoms. The molecule has 0 saturated carbocycles. The molecular formula is C14H11ClN2O3. The Morgan fingerprint density at radius 2 is 2.10 bits per heavy atom. The average Bonchev–Trinajstić information content (AvgIpc) is 2.48. The van der Waals surface area contributed by atoms with Crippen molar-refractivity contribution < 1.29 is 14.3 Å². The summed E-state index contributed by atoms with van der Waals surface area (Å²) >= 11 is 5.92. The quantitative estimate of drug-likeness (QED) is 0.859. The van der Waals surface area contributed by atoms with Crippen molar-refractivity contribution in [3.8, 4) is 5.75 Å². The highest BCUT2D eigenvalue weighted by Crippen LogP contribution is 2.20. The zero-order valence-electron chi connectivity index (χ0n) is 10.4. The van der Waals surface area contributed by atoms with E-state index < -0.39 is 0 Å². The number of anilines is 1. The lowest BCUT2D eigenvalue weighted by Crippen LogP contribution is -2.20. The SMILES string of the molecule is O=Cc1ccc(OCC(=O)Nc2ccccc2Cl)cn1. The van der Waals surface area contributed by atoms with Gasteiger partial charge in [-0.2, -0.15) is 0 Å². The summed E-state index contributed by atoms with van der Waals surface area (Å²) < 4.78 is 5.25. The number of para-hydroxylation sites is 1. The van der Waals surface area contributed by atoms with Gasteiger partial charge in [-0.3, -0.25) is 9.59 Å². The number of carbonyl (C=O) groups is 2. The Morgan fingerprint density at radius 1 is 1.30 bits per heavy atom. The zero-order chi connectivity index (χ0) is 14.4. The summed E-state index contributed by atoms with van der Waals surface area (Å²) in [6.07, 6.45) is 2.01. The fourth-order valence-electron chi connectivity index (χ4n) is 1.44. The molecule has 102 valence electrons. The number of aromatic nitrogens is 1. The molecule has 0 bridgehead atoms. The van der Waals surface area contributed by atoms with Gasteiger partial charge in [0.05, 0.1) is 16.9 Å². The molecule has 1 aromatic carbocycles. The van der Waals surface area contributed by atoms with E-state index in [1.54, 1.807) is 30.3 Å². The molecule has 1 amide bonds. The number of amides is 1. The van der Waals surface area contributed by atoms with Gasteiger partial charge in [0.1, 0.15) is 11.4 Å². The minimum atomic E-state index is -0.336. The van der Waals surface area contributed by atoms with E-state index in [-0.39, 0.29) is 12.5 Å². The molecule has 2 rings (SSSR count). The Morgan fingerprint density at radius 3 is 2.75 bits per heavy atom. The molecule has 0 aliphatic carbocycles. The molecule has 0 aliphatic heterocycles. The van der Waals surface area contributed by atoms with Crippen LogP contribution in [0.15, 0.2) is 42.6 Å². The van der Waals surface area contributed by atoms with Crippen molar-refractivity contribution in [2.24, 2.45) is 0 Å². The Hall–Kier alpha value is -2.40. The predicted molar refractivity (Wildman–Crippen MR) is 75.2 cm³/mol. The first-order valence-electron chi connectivity index (χ1n) is 5.77. The van der Waals surface area contributed by atoms with Crippen LogP contribution in [-0.2, 0) is 4.79 Å². The third-order valence-corrected chi connectivity index (χ3v) is 2.73. The summed E-state index contributed by atoms with van der Waals surface area (Å²) in [4.78, 5) is 26.0. The second-order valence-electron chi connectivity index (χ2n) is 3.85. The number of pyridine rings is 1. The van der Waals surface area contributed by atoms with Crippen molar-refractivity contribution in [1.29, 1.82) is 0 Å². The summed E-state index contributed by atoms with van der Waals surface area (Å²) in [6.45, 7) is -0.173. The van der Waals surface area contributed by atoms with Gasteiger partial charge >= 0.3 is 0 Å². The summed E-state index contributed by atoms with van der Waals surface area (Å²) in [6, 6.07) is 9.99. The predicted octanol–water partition coefficient (Wildman–Crippen LogP) is 2.57. The second-order valence-corrected chi connectivity index (χ2v) is 4.26. The van der Waals surface area contributed by atoms with Gasteiger partial charge in [0.2, 0.25) is 0 Å². The average molecular weight is 291 g/mol. The minimum Gasteiger partial charge on any atom is -0.482 e. The first kappa shape index (κ1) is 14.0. The fraction of sp³-hybridized carbons (Fsp3) is 0.0714. The molecule has 0 fully saturated rings. The van der Waals surface area contributed by atoms with Gasteiger partial charge in [-0.25, -0.2) is 4.98 Å². The van der Waals surface area contributed by atoms with E-state index in [9.17, 15) is 9.59 Å². The van der Waals surface area contributed by atoms with Crippen LogP contribution in [0.1, 0.15) is 10.5 Å². The first-order valence-corrected chi connectivity index (χ1v) is 6.15. The number of ether oxygens (including phenoxy) is 1. The van der Waals surface area contributed by atoms with Crippen molar-refractivity contribution in [3.05, 3.63) is 53.3 Å². The van der Waals surface area contributed by atoms with Crippen LogP contribution in [0.25, 0.3) is 0 Å². The van der Waals surface area contributed by atoms with Gasteiger partial charge in [-0.15, -0.1) is 0 Å². The molecule has 0 radical (unpaired) electrons. The summed E-state index contributed by atoms with van der Waals surface area (Å²) in [5.74, 6) is 0.0717. The van der Waals surface area contributed by atoms with E-state index in [0.29, 0.717) is 28.4 Å². The maximum absolute atomic E-state index is 11.7. The fourth-order valence-corrected chi connectivity index (χ4v) is 1.63. The van der Waals surface area contributed by atoms with Crippen LogP contribution in [0.3, 0.4) is 0 Å². The number of hydrogen-bond acceptors (Lipinski definition) is 4. The van der Waals surface area contributed by atoms with Crippen LogP contribution in [0, 0.1) is 0 Å². The smallest absolute Gasteiger partial charge is 0.262 e. The van der Waals surface area contributed by atoms with Gasteiger partial charge < -0.3 is 10.1 Å². The number of nitrogens with one attached hydrogen (secondary N) is 1. The third kappa shape index (κ3) is 3.80. The first-order chi connectivity index (χ1) is 9.69. The third-order valence-electron chi connectivity index (χ3n) is 2.40. The van der Waals surface area contributed by atoms with Crippen LogP contribution in [0.2, 0.25) is 5.02 Å². The normalized spacial score (nSPS) is 9.85. The van der Waals surface area contributed by atoms with Crippen molar-refractivity contribution in [3.63, 3.8) is 0 Å². The van der Waals surface area contributed by atoms with E-state index in [2.05, 4.69) is 10.3 Å². The lowest BCUT2D eigenvalue weighted by molar-refractivity contribution is -0.118. The van der Waals surface area contributed by atoms with Crippen molar-refractivity contribution >= 4 is 29.5 Å². The molecule has 6 heteroatoms. The molecule has 2 aromatic rings. The van der Waals surface area contributed by atoms with E-state index in [4.69, 9.17) is 16.3 Å². The Bertz CT molecular complexity index is 614. The van der Waals surface area contributed by atoms with Gasteiger partial charge in [0, 0.05) is 0 Å². The standard InChI is InChI=1S/C14H11ClN2O3/c15-12-3-1-2-4-13(12)17-14(19)9-20-11-6-5-10(8-18)16-7-11/h1-8H,9H2,(H,17,19). The molecule has 1 N–H and O–H groups in total. The second kappa shape index (κ2) is 6.68. The Labute approximate surface area is 120 Å². The largest absolute Gasteiger partial charge is 0.482 e. The van der Waals surface area contributed by atoms with Crippen LogP contribution in [-0.4, -0.2) is 23.8 Å². The van der Waals surface area contributed by atoms with E-state index >= 15 is 0 Å². The van der Waals surface area contributed by atoms with Crippen LogP contribution in [0.5, 0.6) is 5.75 Å². The van der Waals surface area contributed by atoms with E-state index in [1.807, 2.05) is 0 Å². The summed E-state index contributed by atoms with van der Waals surface area (Å²) in [5, 5.41) is 3.09. The van der Waals surface area contributed by atoms with Gasteiger partial charge in [-0.05, 0) is 24.3 Å². The molecule has 0 atom stereocenters. The number of hydrogen-bond donors (Lipinski definition) is 1. The van der Waals surface area contributed by atoms with Crippen LogP contribution in [0.4, 0.5) is 5.69 Å². The zero-order valence-corrected chi connectivity index (χ0v) is 11.1. The number of aldehydes is 1. The minimum absolute atomic E-state index is 0.173. The number of carbonyl (C=O) groups excluding carboxylic acids is 2. The molecule has 0 saturated heterocycles. The van der Waals surface area contributed by atoms with Crippen molar-refractivity contribution in [2.45, 2.75) is 0 Å². The molecule has 1 heterocycles. The molecular weight excluding hydrogens is 280 g/mol. The van der Waals surface area contributed by atoms with Crippen LogP contribution >= 0.6 is 11.6 Å². The number of rotatable bonds is 5. The number of nitrogens with zero attached hydrogens (tertiary/aromatic N) is 1. The van der Waals surface area contributed by atoms with Gasteiger partial charge in [0.25, 0.3) is 5.91 Å². The number of halogens is 1. The molecule has 0 unspecified atom stereocenters. The van der Waals surface area contributed by atoms with Crippen LogP contribution < -0.4 is 10.1 Å². The summed E-state index contributed by atoms with van der Waals surface area (Å²) in [7, 11) is 0. The van der Waals surface area contributed by atoms with Gasteiger partial charge in [0.15, 0.2) is 12.9 Å². The highest BCUT2D eigenvalue weighted by atomic mass is 35.5. The van der Waals surface area contributed by atoms with Gasteiger partial charge in [-0.1, -0.05) is 23.7 Å². The lowest BCUT2D eigenvalue weighted by atomic mass is 10.3. The Kier molecular flexibility index (Phi) is 4.68. The summed E-state index contributed by atoms with van der Waals surface area (Å²) in [5.41, 5.74) is 0.829. The monoisotopic (exact) mass is 290 g/mol. The highest BCUT2D eigenvalue weighted by Gasteiger charge is 2.06. The lowest BCUT2D eigenvalue weighted by Gasteiger charge is -2.08. The maximum Gasteiger partial charge on any atom is 0.262 e. The van der Waals surface area contributed by atoms with E-state index in [0.717, 1.165) is 0 Å². The van der Waals surface area contributed by atoms with E-state index in [1.165, 1.54) is 12.3 Å². The topological polar surface area (TPSA) is 68.3 Å². The maximum atomic E-state index is 11.7. The molecule has 0 spiro atoms. The Balaban J connectivity index is 1.88. The molecule has 5 nitrogen and oxygen atoms in total. The molecule has 0 aliphatic rings.